The fourth-order valence-electron chi connectivity index (χ4n) is 4.98. The topological polar surface area (TPSA) is 94.4 Å². The number of piperidine rings is 2. The Bertz CT molecular complexity index is 997. The van der Waals surface area contributed by atoms with Crippen LogP contribution >= 0.6 is 0 Å². The maximum Gasteiger partial charge on any atom is 0.329 e. The van der Waals surface area contributed by atoms with E-state index in [0.29, 0.717) is 31.6 Å². The molecule has 2 unspecified atom stereocenters. The quantitative estimate of drug-likeness (QED) is 0.346. The lowest BCUT2D eigenvalue weighted by atomic mass is 9.98. The van der Waals surface area contributed by atoms with E-state index in [1.807, 2.05) is 17.7 Å². The Hall–Kier alpha value is -2.29. The number of carbonyl (C=O) groups is 2. The van der Waals surface area contributed by atoms with Crippen molar-refractivity contribution in [1.82, 2.24) is 19.8 Å². The largest absolute Gasteiger partial charge is 0.381 e. The van der Waals surface area contributed by atoms with Crippen LogP contribution in [0.4, 0.5) is 0 Å². The van der Waals surface area contributed by atoms with Crippen LogP contribution in [0.1, 0.15) is 43.7 Å². The fraction of sp³-hybridized carbons (Fsp3) is 0.625. The highest BCUT2D eigenvalue weighted by Crippen LogP contribution is 2.24. The molecule has 3 heterocycles. The number of ketones is 1. The predicted octanol–water partition coefficient (Wildman–Crippen LogP) is 1.35. The number of Topliss-reactive ketones (excluding diaryl/α,β-unsaturated/α-hetero) is 1. The van der Waals surface area contributed by atoms with Gasteiger partial charge in [-0.1, -0.05) is 6.07 Å². The summed E-state index contributed by atoms with van der Waals surface area (Å²) in [5.74, 6) is 0.265. The zero-order chi connectivity index (χ0) is 22.5. The van der Waals surface area contributed by atoms with E-state index in [-0.39, 0.29) is 11.7 Å². The molecule has 0 spiro atoms. The molecule has 2 fully saturated rings. The van der Waals surface area contributed by atoms with Gasteiger partial charge in [-0.3, -0.25) is 18.7 Å². The van der Waals surface area contributed by atoms with Crippen molar-refractivity contribution in [3.05, 3.63) is 34.2 Å². The lowest BCUT2D eigenvalue weighted by Gasteiger charge is -2.28. The Morgan fingerprint density at radius 2 is 2.00 bits per heavy atom. The molecule has 0 bridgehead atoms. The van der Waals surface area contributed by atoms with E-state index in [1.54, 1.807) is 4.57 Å². The van der Waals surface area contributed by atoms with Crippen LogP contribution < -0.4 is 16.3 Å². The maximum atomic E-state index is 13.0. The van der Waals surface area contributed by atoms with Gasteiger partial charge in [0.15, 0.2) is 6.29 Å². The fourth-order valence-corrected chi connectivity index (χ4v) is 4.98. The summed E-state index contributed by atoms with van der Waals surface area (Å²) in [7, 11) is 1.81. The van der Waals surface area contributed by atoms with E-state index in [2.05, 4.69) is 22.8 Å². The van der Waals surface area contributed by atoms with E-state index in [0.717, 1.165) is 50.2 Å². The molecular formula is C24H34N4O4. The number of imidazole rings is 1. The molecule has 2 atom stereocenters. The Morgan fingerprint density at radius 1 is 1.19 bits per heavy atom. The van der Waals surface area contributed by atoms with E-state index < -0.39 is 11.8 Å². The molecule has 4 rings (SSSR count). The second-order valence-corrected chi connectivity index (χ2v) is 9.12. The summed E-state index contributed by atoms with van der Waals surface area (Å²) in [5.41, 5.74) is 2.99. The van der Waals surface area contributed by atoms with Gasteiger partial charge in [-0.15, -0.1) is 0 Å². The van der Waals surface area contributed by atoms with Crippen LogP contribution in [0.15, 0.2) is 23.0 Å². The van der Waals surface area contributed by atoms with E-state index >= 15 is 0 Å². The van der Waals surface area contributed by atoms with Gasteiger partial charge in [0.1, 0.15) is 0 Å². The molecule has 0 aliphatic carbocycles. The number of nitrogens with one attached hydrogen (secondary N) is 2. The minimum atomic E-state index is -0.432. The zero-order valence-corrected chi connectivity index (χ0v) is 18.8. The van der Waals surface area contributed by atoms with Gasteiger partial charge in [-0.05, 0) is 75.2 Å². The second kappa shape index (κ2) is 10.6. The Morgan fingerprint density at radius 3 is 2.72 bits per heavy atom. The Labute approximate surface area is 188 Å². The highest BCUT2D eigenvalue weighted by Gasteiger charge is 2.28. The number of carbonyl (C=O) groups excluding carboxylic acids is 2. The van der Waals surface area contributed by atoms with Gasteiger partial charge in [-0.2, -0.15) is 0 Å². The number of benzene rings is 1. The minimum Gasteiger partial charge on any atom is -0.381 e. The highest BCUT2D eigenvalue weighted by atomic mass is 16.5. The van der Waals surface area contributed by atoms with Gasteiger partial charge in [-0.25, -0.2) is 4.79 Å². The number of ether oxygens (including phenoxy) is 1. The van der Waals surface area contributed by atoms with Gasteiger partial charge in [0.05, 0.1) is 23.1 Å². The van der Waals surface area contributed by atoms with Crippen LogP contribution in [0, 0.1) is 5.92 Å². The SMILES string of the molecule is Cn1c(=O)n(C2CCC(C(=O)C=O)NC2)c2ccc(CCCOCC3CCNCC3)cc21. The number of rotatable bonds is 9. The van der Waals surface area contributed by atoms with E-state index in [1.165, 1.54) is 18.4 Å². The van der Waals surface area contributed by atoms with Gasteiger partial charge in [0, 0.05) is 26.8 Å². The maximum absolute atomic E-state index is 13.0. The third kappa shape index (κ3) is 5.03. The first-order chi connectivity index (χ1) is 15.6. The third-order valence-electron chi connectivity index (χ3n) is 6.93. The smallest absolute Gasteiger partial charge is 0.329 e. The van der Waals surface area contributed by atoms with Crippen molar-refractivity contribution in [1.29, 1.82) is 0 Å². The second-order valence-electron chi connectivity index (χ2n) is 9.12. The van der Waals surface area contributed by atoms with Crippen molar-refractivity contribution in [2.75, 3.05) is 32.8 Å². The average molecular weight is 443 g/mol. The normalized spacial score (nSPS) is 22.3. The molecule has 1 aromatic heterocycles. The first kappa shape index (κ1) is 22.9. The number of fused-ring (bicyclic) bond motifs is 1. The van der Waals surface area contributed by atoms with Crippen LogP contribution in [0.2, 0.25) is 0 Å². The van der Waals surface area contributed by atoms with Crippen molar-refractivity contribution in [2.24, 2.45) is 13.0 Å². The van der Waals surface area contributed by atoms with Crippen molar-refractivity contribution >= 4 is 23.1 Å². The summed E-state index contributed by atoms with van der Waals surface area (Å²) < 4.78 is 9.44. The summed E-state index contributed by atoms with van der Waals surface area (Å²) >= 11 is 0. The number of hydrogen-bond acceptors (Lipinski definition) is 6. The summed E-state index contributed by atoms with van der Waals surface area (Å²) in [5, 5.41) is 6.51. The molecule has 1 aromatic carbocycles. The summed E-state index contributed by atoms with van der Waals surface area (Å²) in [6, 6.07) is 5.77. The number of aryl methyl sites for hydroxylation is 2. The van der Waals surface area contributed by atoms with Crippen LogP contribution in [-0.2, 0) is 27.8 Å². The van der Waals surface area contributed by atoms with Crippen molar-refractivity contribution in [2.45, 2.75) is 50.6 Å². The van der Waals surface area contributed by atoms with Crippen molar-refractivity contribution in [3.8, 4) is 0 Å². The molecule has 0 amide bonds. The molecule has 0 radical (unpaired) electrons. The molecular weight excluding hydrogens is 408 g/mol. The summed E-state index contributed by atoms with van der Waals surface area (Å²) in [4.78, 5) is 35.3. The molecule has 8 nitrogen and oxygen atoms in total. The van der Waals surface area contributed by atoms with Crippen molar-refractivity contribution < 1.29 is 14.3 Å². The van der Waals surface area contributed by atoms with Gasteiger partial charge >= 0.3 is 5.69 Å². The monoisotopic (exact) mass is 442 g/mol. The van der Waals surface area contributed by atoms with Crippen LogP contribution in [-0.4, -0.2) is 60.1 Å². The zero-order valence-electron chi connectivity index (χ0n) is 18.8. The summed E-state index contributed by atoms with van der Waals surface area (Å²) in [6.07, 6.45) is 5.90. The number of aldehydes is 1. The Balaban J connectivity index is 1.36. The van der Waals surface area contributed by atoms with Crippen LogP contribution in [0.5, 0.6) is 0 Å². The lowest BCUT2D eigenvalue weighted by Crippen LogP contribution is -2.46. The number of nitrogens with zero attached hydrogens (tertiary/aromatic N) is 2. The molecule has 0 saturated carbocycles. The molecule has 2 N–H and O–H groups in total. The van der Waals surface area contributed by atoms with Gasteiger partial charge < -0.3 is 15.4 Å². The average Bonchev–Trinajstić information content (AvgIpc) is 3.08. The summed E-state index contributed by atoms with van der Waals surface area (Å²) in [6.45, 7) is 4.31. The van der Waals surface area contributed by atoms with Crippen molar-refractivity contribution in [3.63, 3.8) is 0 Å². The standard InChI is InChI=1S/C24H34N4O4/c1-27-22-13-17(3-2-12-32-16-18-8-10-25-11-9-18)4-7-21(22)28(24(27)31)19-5-6-20(26-14-19)23(30)15-29/h4,7,13,15,18-20,25-26H,2-3,5-6,8-12,14,16H2,1H3. The lowest BCUT2D eigenvalue weighted by molar-refractivity contribution is -0.131. The molecule has 32 heavy (non-hydrogen) atoms. The van der Waals surface area contributed by atoms with Gasteiger partial charge in [0.2, 0.25) is 5.78 Å². The van der Waals surface area contributed by atoms with E-state index in [4.69, 9.17) is 4.74 Å². The molecule has 2 aliphatic heterocycles. The highest BCUT2D eigenvalue weighted by molar-refractivity contribution is 6.27. The third-order valence-corrected chi connectivity index (χ3v) is 6.93. The first-order valence-electron chi connectivity index (χ1n) is 11.8. The number of aromatic nitrogens is 2. The molecule has 2 aliphatic rings. The minimum absolute atomic E-state index is 0.0314. The molecule has 2 aromatic rings. The predicted molar refractivity (Wildman–Crippen MR) is 123 cm³/mol. The first-order valence-corrected chi connectivity index (χ1v) is 11.8. The van der Waals surface area contributed by atoms with Gasteiger partial charge in [0.25, 0.3) is 0 Å². The molecule has 8 heteroatoms. The van der Waals surface area contributed by atoms with E-state index in [9.17, 15) is 14.4 Å². The number of hydrogen-bond donors (Lipinski definition) is 2. The van der Waals surface area contributed by atoms with Crippen LogP contribution in [0.3, 0.4) is 0 Å². The van der Waals surface area contributed by atoms with Crippen LogP contribution in [0.25, 0.3) is 11.0 Å². The molecule has 174 valence electrons. The Kier molecular flexibility index (Phi) is 7.55. The molecule has 2 saturated heterocycles.